The van der Waals surface area contributed by atoms with Gasteiger partial charge in [0.2, 0.25) is 17.7 Å². The molecule has 4 atom stereocenters. The largest absolute Gasteiger partial charge is 0.480 e. The van der Waals surface area contributed by atoms with Gasteiger partial charge in [0.15, 0.2) is 0 Å². The van der Waals surface area contributed by atoms with E-state index in [1.165, 1.54) is 67.5 Å². The first-order chi connectivity index (χ1) is 37.1. The third-order valence-electron chi connectivity index (χ3n) is 13.0. The number of nitrogens with one attached hydrogen (secondary N) is 4. The summed E-state index contributed by atoms with van der Waals surface area (Å²) in [5, 5.41) is 8.08. The van der Waals surface area contributed by atoms with Gasteiger partial charge in [0.1, 0.15) is 32.9 Å². The summed E-state index contributed by atoms with van der Waals surface area (Å²) in [4.78, 5) is 71.0. The molecule has 78 heavy (non-hydrogen) atoms. The Labute approximate surface area is 454 Å². The number of methoxy groups -OCH3 is 1. The van der Waals surface area contributed by atoms with Gasteiger partial charge < -0.3 is 20.7 Å². The van der Waals surface area contributed by atoms with E-state index in [-0.39, 0.29) is 69.2 Å². The second-order valence-electron chi connectivity index (χ2n) is 18.4. The molecule has 4 unspecified atom stereocenters. The Balaban J connectivity index is 0.980. The van der Waals surface area contributed by atoms with Gasteiger partial charge in [-0.25, -0.2) is 45.6 Å². The molecule has 1 saturated carbocycles. The Morgan fingerprint density at radius 2 is 1.26 bits per heavy atom. The standard InChI is InChI=1S/C52H47Cl2F2N11O9S2/c1-27(48(68)58-4)23-65-25-61-40-11-7-30(15-36(40)51(65)70)32-17-44(47(57-3)59-21-32)67(78(74,75)46-13-9-34(56)19-38(46)54)43-20-41(43)63-49(69)28(2)24-66-26-62-39-10-6-29(14-35(39)52(66)71)31-16-42(50(76-5)60-22-31)64-77(72,73)45-12-8-33(55)18-37(45)53/h6-19,21-22,25-28,41,43,64H,20,23-24H2,1-5H3,(H,57,59)(H,58,68)(H,63,69). The van der Waals surface area contributed by atoms with Gasteiger partial charge in [0, 0.05) is 50.7 Å². The van der Waals surface area contributed by atoms with Crippen molar-refractivity contribution in [3.8, 4) is 28.1 Å². The van der Waals surface area contributed by atoms with Crippen LogP contribution in [0.3, 0.4) is 0 Å². The minimum atomic E-state index is -4.66. The van der Waals surface area contributed by atoms with Crippen LogP contribution in [0.15, 0.2) is 129 Å². The molecule has 9 rings (SSSR count). The zero-order valence-corrected chi connectivity index (χ0v) is 45.1. The number of carbonyl (C=O) groups excluding carboxylic acids is 2. The summed E-state index contributed by atoms with van der Waals surface area (Å²) < 4.78 is 95.9. The quantitative estimate of drug-likeness (QED) is 0.0686. The predicted molar refractivity (Wildman–Crippen MR) is 291 cm³/mol. The van der Waals surface area contributed by atoms with Crippen LogP contribution in [-0.2, 0) is 42.7 Å². The van der Waals surface area contributed by atoms with Crippen molar-refractivity contribution in [2.75, 3.05) is 35.5 Å². The number of anilines is 3. The van der Waals surface area contributed by atoms with Crippen LogP contribution in [0, 0.1) is 23.5 Å². The van der Waals surface area contributed by atoms with Crippen LogP contribution in [0.1, 0.15) is 20.3 Å². The molecule has 4 N–H and O–H groups in total. The summed E-state index contributed by atoms with van der Waals surface area (Å²) in [6, 6.07) is 16.7. The van der Waals surface area contributed by atoms with Crippen molar-refractivity contribution in [3.63, 3.8) is 0 Å². The molecule has 404 valence electrons. The van der Waals surface area contributed by atoms with E-state index in [2.05, 4.69) is 40.6 Å². The summed E-state index contributed by atoms with van der Waals surface area (Å²) in [6.45, 7) is 3.17. The molecule has 0 bridgehead atoms. The summed E-state index contributed by atoms with van der Waals surface area (Å²) in [6.07, 6.45) is 5.67. The zero-order chi connectivity index (χ0) is 56.0. The van der Waals surface area contributed by atoms with Crippen molar-refractivity contribution in [2.24, 2.45) is 11.8 Å². The van der Waals surface area contributed by atoms with Gasteiger partial charge in [-0.2, -0.15) is 0 Å². The molecule has 0 spiro atoms. The third kappa shape index (κ3) is 10.9. The molecule has 1 aliphatic carbocycles. The fourth-order valence-electron chi connectivity index (χ4n) is 8.85. The highest BCUT2D eigenvalue weighted by Gasteiger charge is 2.50. The molecule has 1 aliphatic rings. The molecule has 1 fully saturated rings. The lowest BCUT2D eigenvalue weighted by atomic mass is 10.0. The highest BCUT2D eigenvalue weighted by atomic mass is 35.5. The van der Waals surface area contributed by atoms with E-state index in [0.717, 1.165) is 40.7 Å². The molecule has 26 heteroatoms. The van der Waals surface area contributed by atoms with E-state index >= 15 is 0 Å². The van der Waals surface area contributed by atoms with Gasteiger partial charge in [-0.05, 0) is 90.3 Å². The smallest absolute Gasteiger partial charge is 0.266 e. The summed E-state index contributed by atoms with van der Waals surface area (Å²) in [7, 11) is -4.69. The second kappa shape index (κ2) is 21.8. The Morgan fingerprint density at radius 3 is 1.79 bits per heavy atom. The van der Waals surface area contributed by atoms with E-state index in [4.69, 9.17) is 27.9 Å². The third-order valence-corrected chi connectivity index (χ3v) is 17.2. The molecule has 20 nitrogen and oxygen atoms in total. The Hall–Kier alpha value is -8.06. The average molecular weight is 1140 g/mol. The minimum absolute atomic E-state index is 0.0410. The highest BCUT2D eigenvalue weighted by Crippen LogP contribution is 2.43. The summed E-state index contributed by atoms with van der Waals surface area (Å²) >= 11 is 12.5. The number of amides is 2. The lowest BCUT2D eigenvalue weighted by molar-refractivity contribution is -0.125. The Morgan fingerprint density at radius 1 is 0.718 bits per heavy atom. The van der Waals surface area contributed by atoms with Gasteiger partial charge in [0.05, 0.1) is 81.2 Å². The number of aromatic nitrogens is 6. The number of carbonyl (C=O) groups is 2. The van der Waals surface area contributed by atoms with Crippen molar-refractivity contribution in [3.05, 3.63) is 152 Å². The van der Waals surface area contributed by atoms with Crippen molar-refractivity contribution < 1.29 is 39.9 Å². The van der Waals surface area contributed by atoms with E-state index in [0.29, 0.717) is 33.3 Å². The number of benzene rings is 4. The fourth-order valence-corrected chi connectivity index (χ4v) is 12.6. The molecule has 4 aromatic carbocycles. The fraction of sp³-hybridized carbons (Fsp3) is 0.231. The first-order valence-corrected chi connectivity index (χ1v) is 27.5. The molecule has 4 aromatic heterocycles. The molecule has 0 aliphatic heterocycles. The van der Waals surface area contributed by atoms with Crippen molar-refractivity contribution in [2.45, 2.75) is 55.2 Å². The van der Waals surface area contributed by atoms with E-state index in [1.807, 2.05) is 0 Å². The molecular weight excluding hydrogens is 1100 g/mol. The monoisotopic (exact) mass is 1140 g/mol. The molecule has 4 heterocycles. The molecule has 0 saturated heterocycles. The lowest BCUT2D eigenvalue weighted by Gasteiger charge is -2.28. The number of pyridine rings is 2. The molecule has 8 aromatic rings. The maximum atomic E-state index is 14.9. The molecular formula is C52H47Cl2F2N11O9S2. The van der Waals surface area contributed by atoms with Gasteiger partial charge >= 0.3 is 0 Å². The lowest BCUT2D eigenvalue weighted by Crippen LogP contribution is -2.41. The molecule has 2 amide bonds. The Kier molecular flexibility index (Phi) is 15.3. The van der Waals surface area contributed by atoms with Gasteiger partial charge in [-0.15, -0.1) is 0 Å². The maximum absolute atomic E-state index is 14.9. The van der Waals surface area contributed by atoms with Gasteiger partial charge in [-0.3, -0.25) is 37.3 Å². The van der Waals surface area contributed by atoms with Crippen LogP contribution in [0.25, 0.3) is 44.1 Å². The number of hydrogen-bond acceptors (Lipinski definition) is 14. The second-order valence-corrected chi connectivity index (χ2v) is 22.6. The number of hydrogen-bond donors (Lipinski definition) is 4. The average Bonchev–Trinajstić information content (AvgIpc) is 4.18. The SMILES string of the molecule is CNC(=O)C(C)Cn1cnc2ccc(-c3cnc(NC)c(N(C4CC4NC(=O)C(C)Cn4cnc5ccc(-c6cnc(OC)c(NS(=O)(=O)c7ccc(F)cc7Cl)c6)cc5c4=O)S(=O)(=O)c4ccc(F)cc4Cl)c3)cc2c1=O. The van der Waals surface area contributed by atoms with Crippen molar-refractivity contribution >= 4 is 94.1 Å². The van der Waals surface area contributed by atoms with Crippen LogP contribution in [0.5, 0.6) is 5.88 Å². The van der Waals surface area contributed by atoms with Crippen LogP contribution in [0.4, 0.5) is 26.0 Å². The van der Waals surface area contributed by atoms with Crippen LogP contribution < -0.4 is 40.8 Å². The first kappa shape index (κ1) is 54.7. The number of ether oxygens (including phenoxy) is 1. The summed E-state index contributed by atoms with van der Waals surface area (Å²) in [5.41, 5.74) is 1.41. The van der Waals surface area contributed by atoms with Gasteiger partial charge in [0.25, 0.3) is 31.2 Å². The van der Waals surface area contributed by atoms with E-state index < -0.39 is 82.5 Å². The van der Waals surface area contributed by atoms with Crippen LogP contribution in [0.2, 0.25) is 10.0 Å². The number of halogens is 4. The first-order valence-electron chi connectivity index (χ1n) is 23.8. The van der Waals surface area contributed by atoms with E-state index in [9.17, 15) is 44.8 Å². The number of rotatable bonds is 18. The predicted octanol–water partition coefficient (Wildman–Crippen LogP) is 6.84. The van der Waals surface area contributed by atoms with Gasteiger partial charge in [-0.1, -0.05) is 49.2 Å². The number of nitrogens with zero attached hydrogens (tertiary/aromatic N) is 7. The topological polar surface area (TPSA) is 259 Å². The maximum Gasteiger partial charge on any atom is 0.266 e. The number of fused-ring (bicyclic) bond motifs is 2. The zero-order valence-electron chi connectivity index (χ0n) is 42.0. The highest BCUT2D eigenvalue weighted by molar-refractivity contribution is 7.93. The Bertz CT molecular complexity index is 4100. The normalized spacial score (nSPS) is 15.1. The van der Waals surface area contributed by atoms with Crippen molar-refractivity contribution in [1.82, 2.24) is 39.7 Å². The van der Waals surface area contributed by atoms with E-state index in [1.54, 1.807) is 50.2 Å². The summed E-state index contributed by atoms with van der Waals surface area (Å²) in [5.74, 6) is -3.67. The molecule has 0 radical (unpaired) electrons. The minimum Gasteiger partial charge on any atom is -0.480 e. The number of sulfonamides is 2. The van der Waals surface area contributed by atoms with Crippen LogP contribution in [-0.4, -0.2) is 91.0 Å². The van der Waals surface area contributed by atoms with Crippen molar-refractivity contribution in [1.29, 1.82) is 0 Å². The van der Waals surface area contributed by atoms with Crippen LogP contribution >= 0.6 is 23.2 Å².